The number of halogens is 1. The van der Waals surface area contributed by atoms with Crippen LogP contribution in [0, 0.1) is 30.1 Å². The topological polar surface area (TPSA) is 180 Å². The first-order chi connectivity index (χ1) is 25.4. The lowest BCUT2D eigenvalue weighted by Gasteiger charge is -2.49. The Hall–Kier alpha value is -0.980. The molecular formula is C40H69IN2O12. The molecule has 0 aliphatic carbocycles. The van der Waals surface area contributed by atoms with Crippen molar-refractivity contribution < 1.29 is 58.7 Å². The molecule has 318 valence electrons. The highest BCUT2D eigenvalue weighted by atomic mass is 127. The summed E-state index contributed by atoms with van der Waals surface area (Å²) in [5, 5.41) is 58.3. The monoisotopic (exact) mass is 896 g/mol. The highest BCUT2D eigenvalue weighted by Gasteiger charge is 2.52. The number of carbonyl (C=O) groups excluding carboxylic acids is 1. The standard InChI is InChI=1S/C40H69IN2O12/c1-14-15-16-17-42(11)28-18-23(3)51-36(30(28)44)54-34-24(4)31(53-29-20-39(9,50-13)33(46)27(7)52-29)25(5)35(47)55-37(41)40(10,49)32(45)26(6)43(12)21-22(2)19-38(34,8)48/h1,15-16,22-34,36-37,44-46,48-49H,17-21H2,2-13H3/b16-15+/t22-,23-,24+,25-,26-,27+,28+,29-,30-,31+,32-,33+,34-,36+,37+,38-,39-,40+/m1/s1. The smallest absolute Gasteiger partial charge is 0.312 e. The molecule has 3 fully saturated rings. The highest BCUT2D eigenvalue weighted by molar-refractivity contribution is 14.1. The summed E-state index contributed by atoms with van der Waals surface area (Å²) < 4.78 is 36.3. The number of terminal acetylenes is 1. The molecule has 0 bridgehead atoms. The Morgan fingerprint density at radius 1 is 1.04 bits per heavy atom. The average Bonchev–Trinajstić information content (AvgIpc) is 3.10. The molecule has 0 aromatic heterocycles. The number of rotatable bonds is 8. The van der Waals surface area contributed by atoms with Gasteiger partial charge in [-0.3, -0.25) is 9.69 Å². The zero-order valence-corrected chi connectivity index (χ0v) is 37.0. The third-order valence-electron chi connectivity index (χ3n) is 12.1. The maximum Gasteiger partial charge on any atom is 0.312 e. The van der Waals surface area contributed by atoms with Crippen molar-refractivity contribution in [3.63, 3.8) is 0 Å². The van der Waals surface area contributed by atoms with Gasteiger partial charge in [-0.1, -0.05) is 25.8 Å². The Balaban J connectivity index is 2.15. The minimum Gasteiger partial charge on any atom is -0.448 e. The molecule has 18 atom stereocenters. The number of hydrogen-bond acceptors (Lipinski definition) is 14. The fourth-order valence-electron chi connectivity index (χ4n) is 8.49. The lowest BCUT2D eigenvalue weighted by Crippen LogP contribution is -2.60. The van der Waals surface area contributed by atoms with E-state index < -0.39 is 94.0 Å². The summed E-state index contributed by atoms with van der Waals surface area (Å²) in [5.74, 6) is -0.237. The Morgan fingerprint density at radius 2 is 1.67 bits per heavy atom. The number of methoxy groups -OCH3 is 1. The molecule has 14 nitrogen and oxygen atoms in total. The van der Waals surface area contributed by atoms with E-state index in [-0.39, 0.29) is 30.9 Å². The molecular weight excluding hydrogens is 827 g/mol. The van der Waals surface area contributed by atoms with E-state index >= 15 is 0 Å². The van der Waals surface area contributed by atoms with Crippen LogP contribution < -0.4 is 0 Å². The molecule has 3 saturated heterocycles. The average molecular weight is 897 g/mol. The molecule has 3 heterocycles. The largest absolute Gasteiger partial charge is 0.448 e. The summed E-state index contributed by atoms with van der Waals surface area (Å²) in [6.45, 7) is 16.6. The van der Waals surface area contributed by atoms with Gasteiger partial charge in [-0.2, -0.15) is 0 Å². The molecule has 0 spiro atoms. The van der Waals surface area contributed by atoms with Crippen LogP contribution in [0.4, 0.5) is 0 Å². The van der Waals surface area contributed by atoms with Crippen LogP contribution in [0.1, 0.15) is 81.6 Å². The van der Waals surface area contributed by atoms with Gasteiger partial charge in [-0.25, -0.2) is 0 Å². The van der Waals surface area contributed by atoms with Crippen LogP contribution >= 0.6 is 22.6 Å². The number of likely N-dealkylation sites (N-methyl/N-ethyl adjacent to an activating group) is 2. The summed E-state index contributed by atoms with van der Waals surface area (Å²) in [5.41, 5.74) is -4.47. The molecule has 3 aliphatic heterocycles. The quantitative estimate of drug-likeness (QED) is 0.104. The minimum atomic E-state index is -1.84. The van der Waals surface area contributed by atoms with Gasteiger partial charge in [-0.15, -0.1) is 6.42 Å². The molecule has 3 aliphatic rings. The Morgan fingerprint density at radius 3 is 2.27 bits per heavy atom. The molecule has 0 radical (unpaired) electrons. The molecule has 0 saturated carbocycles. The maximum absolute atomic E-state index is 14.1. The molecule has 0 unspecified atom stereocenters. The van der Waals surface area contributed by atoms with Gasteiger partial charge >= 0.3 is 5.97 Å². The van der Waals surface area contributed by atoms with Crippen molar-refractivity contribution in [3.8, 4) is 12.3 Å². The third-order valence-corrected chi connectivity index (χ3v) is 13.6. The SMILES string of the molecule is C#C/C=C/CN(C)[C@H]1C[C@@H](C)O[C@@H](O[C@@H]2[C@@H](C)[C@H](O[C@@H]3C[C@@](C)(OC)[C@@H](O)[C@H](C)O3)[C@@H](C)C(=O)O[C@H](I)[C@@](C)(O)[C@H](O)[C@@H](C)N(C)C[C@H](C)C[C@@]2(C)O)[C@@H]1O. The molecule has 5 N–H and O–H groups in total. The zero-order chi connectivity index (χ0) is 41.8. The molecule has 15 heteroatoms. The number of cyclic esters (lactones) is 1. The van der Waals surface area contributed by atoms with E-state index in [9.17, 15) is 30.3 Å². The van der Waals surface area contributed by atoms with Crippen LogP contribution in [0.5, 0.6) is 0 Å². The first-order valence-corrected chi connectivity index (χ1v) is 20.7. The summed E-state index contributed by atoms with van der Waals surface area (Å²) in [6.07, 6.45) is 1.01. The van der Waals surface area contributed by atoms with Gasteiger partial charge in [-0.05, 0) is 110 Å². The van der Waals surface area contributed by atoms with Gasteiger partial charge in [0.05, 0.1) is 41.5 Å². The van der Waals surface area contributed by atoms with E-state index in [2.05, 4.69) is 5.92 Å². The van der Waals surface area contributed by atoms with E-state index in [4.69, 9.17) is 34.8 Å². The lowest BCUT2D eigenvalue weighted by atomic mass is 9.77. The van der Waals surface area contributed by atoms with Crippen molar-refractivity contribution in [2.45, 2.75) is 170 Å². The van der Waals surface area contributed by atoms with E-state index in [1.165, 1.54) is 14.0 Å². The molecule has 0 aromatic rings. The second kappa shape index (κ2) is 19.8. The molecule has 55 heavy (non-hydrogen) atoms. The van der Waals surface area contributed by atoms with E-state index in [1.54, 1.807) is 47.6 Å². The minimum absolute atomic E-state index is 0.114. The van der Waals surface area contributed by atoms with Crippen LogP contribution in [0.2, 0.25) is 0 Å². The van der Waals surface area contributed by atoms with Crippen LogP contribution in [0.3, 0.4) is 0 Å². The number of esters is 1. The fourth-order valence-corrected chi connectivity index (χ4v) is 9.11. The van der Waals surface area contributed by atoms with Gasteiger partial charge in [0.1, 0.15) is 23.9 Å². The van der Waals surface area contributed by atoms with Gasteiger partial charge in [0.15, 0.2) is 16.7 Å². The van der Waals surface area contributed by atoms with Gasteiger partial charge < -0.3 is 58.9 Å². The second-order valence-electron chi connectivity index (χ2n) is 17.1. The van der Waals surface area contributed by atoms with Crippen molar-refractivity contribution in [2.24, 2.45) is 17.8 Å². The third kappa shape index (κ3) is 11.6. The maximum atomic E-state index is 14.1. The first-order valence-electron chi connectivity index (χ1n) is 19.4. The van der Waals surface area contributed by atoms with Crippen LogP contribution in [0.25, 0.3) is 0 Å². The fraction of sp³-hybridized carbons (Fsp3) is 0.875. The number of alkyl halides is 1. The highest BCUT2D eigenvalue weighted by Crippen LogP contribution is 2.40. The van der Waals surface area contributed by atoms with Crippen LogP contribution in [-0.2, 0) is 33.2 Å². The van der Waals surface area contributed by atoms with Crippen molar-refractivity contribution in [1.29, 1.82) is 0 Å². The van der Waals surface area contributed by atoms with E-state index in [0.717, 1.165) is 0 Å². The van der Waals surface area contributed by atoms with Crippen molar-refractivity contribution in [2.75, 3.05) is 34.3 Å². The second-order valence-corrected chi connectivity index (χ2v) is 18.3. The summed E-state index contributed by atoms with van der Waals surface area (Å²) in [4.78, 5) is 18.0. The number of nitrogens with zero attached hydrogens (tertiary/aromatic N) is 2. The van der Waals surface area contributed by atoms with E-state index in [0.29, 0.717) is 19.5 Å². The van der Waals surface area contributed by atoms with Gasteiger partial charge in [0, 0.05) is 44.6 Å². The molecule has 3 rings (SSSR count). The van der Waals surface area contributed by atoms with Crippen LogP contribution in [0.15, 0.2) is 12.2 Å². The van der Waals surface area contributed by atoms with Gasteiger partial charge in [0.25, 0.3) is 0 Å². The zero-order valence-electron chi connectivity index (χ0n) is 34.8. The summed E-state index contributed by atoms with van der Waals surface area (Å²) >= 11 is 1.82. The summed E-state index contributed by atoms with van der Waals surface area (Å²) in [6, 6.07) is -0.931. The Labute approximate surface area is 342 Å². The number of ether oxygens (including phenoxy) is 6. The normalized spacial score (nSPS) is 47.5. The van der Waals surface area contributed by atoms with Crippen molar-refractivity contribution in [1.82, 2.24) is 9.80 Å². The number of allylic oxidation sites excluding steroid dienone is 1. The Bertz CT molecular complexity index is 1310. The van der Waals surface area contributed by atoms with E-state index in [1.807, 2.05) is 66.4 Å². The number of aliphatic hydroxyl groups excluding tert-OH is 3. The van der Waals surface area contributed by atoms with Crippen LogP contribution in [-0.4, -0.2) is 164 Å². The van der Waals surface area contributed by atoms with Crippen molar-refractivity contribution in [3.05, 3.63) is 12.2 Å². The number of carbonyl (C=O) groups is 1. The summed E-state index contributed by atoms with van der Waals surface area (Å²) in [7, 11) is 5.20. The first kappa shape index (κ1) is 48.4. The molecule has 0 amide bonds. The number of aliphatic hydroxyl groups is 5. The predicted molar refractivity (Wildman–Crippen MR) is 215 cm³/mol. The predicted octanol–water partition coefficient (Wildman–Crippen LogP) is 2.44. The number of hydrogen-bond donors (Lipinski definition) is 5. The molecule has 0 aromatic carbocycles. The van der Waals surface area contributed by atoms with Gasteiger partial charge in [0.2, 0.25) is 0 Å². The lowest BCUT2D eigenvalue weighted by molar-refractivity contribution is -0.318. The van der Waals surface area contributed by atoms with Crippen molar-refractivity contribution >= 4 is 28.6 Å². The Kier molecular flexibility index (Phi) is 17.5.